The average molecular weight is 298 g/mol. The Morgan fingerprint density at radius 1 is 1.45 bits per heavy atom. The lowest BCUT2D eigenvalue weighted by molar-refractivity contribution is 0.402. The molecule has 1 heterocycles. The van der Waals surface area contributed by atoms with Gasteiger partial charge in [0.15, 0.2) is 0 Å². The molecule has 0 bridgehead atoms. The minimum atomic E-state index is -3.51. The second-order valence-corrected chi connectivity index (χ2v) is 6.93. The zero-order valence-corrected chi connectivity index (χ0v) is 12.8. The Labute approximate surface area is 120 Å². The van der Waals surface area contributed by atoms with E-state index in [-0.39, 0.29) is 4.90 Å². The molecule has 2 N–H and O–H groups in total. The van der Waals surface area contributed by atoms with Gasteiger partial charge < -0.3 is 10.1 Å². The lowest BCUT2D eigenvalue weighted by Crippen LogP contribution is -2.27. The molecular weight excluding hydrogens is 276 g/mol. The maximum Gasteiger partial charge on any atom is 0.244 e. The number of aryl methyl sites for hydroxylation is 1. The Morgan fingerprint density at radius 3 is 2.90 bits per heavy atom. The van der Waals surface area contributed by atoms with Crippen molar-refractivity contribution in [3.05, 3.63) is 23.8 Å². The van der Waals surface area contributed by atoms with E-state index < -0.39 is 10.0 Å². The van der Waals surface area contributed by atoms with Gasteiger partial charge in [-0.25, -0.2) is 13.1 Å². The van der Waals surface area contributed by atoms with E-state index in [1.165, 1.54) is 7.11 Å². The highest BCUT2D eigenvalue weighted by Crippen LogP contribution is 2.24. The van der Waals surface area contributed by atoms with Gasteiger partial charge in [0.25, 0.3) is 0 Å². The molecule has 1 unspecified atom stereocenters. The summed E-state index contributed by atoms with van der Waals surface area (Å²) in [6, 6.07) is 5.16. The van der Waals surface area contributed by atoms with E-state index in [1.54, 1.807) is 12.1 Å². The van der Waals surface area contributed by atoms with E-state index >= 15 is 0 Å². The summed E-state index contributed by atoms with van der Waals surface area (Å²) in [5.74, 6) is 0.947. The fourth-order valence-corrected chi connectivity index (χ4v) is 3.73. The van der Waals surface area contributed by atoms with Gasteiger partial charge in [-0.05, 0) is 56.5 Å². The van der Waals surface area contributed by atoms with Crippen molar-refractivity contribution in [2.45, 2.75) is 24.7 Å². The third-order valence-electron chi connectivity index (χ3n) is 3.62. The van der Waals surface area contributed by atoms with Gasteiger partial charge >= 0.3 is 0 Å². The zero-order chi connectivity index (χ0) is 14.6. The molecule has 6 heteroatoms. The molecule has 0 saturated carbocycles. The van der Waals surface area contributed by atoms with Gasteiger partial charge in [-0.3, -0.25) is 0 Å². The van der Waals surface area contributed by atoms with Crippen LogP contribution in [0.1, 0.15) is 18.4 Å². The molecule has 2 rings (SSSR count). The summed E-state index contributed by atoms with van der Waals surface area (Å²) in [5.41, 5.74) is 0.895. The smallest absolute Gasteiger partial charge is 0.244 e. The summed E-state index contributed by atoms with van der Waals surface area (Å²) in [5, 5.41) is 3.28. The van der Waals surface area contributed by atoms with E-state index in [4.69, 9.17) is 4.74 Å². The van der Waals surface area contributed by atoms with Gasteiger partial charge in [-0.15, -0.1) is 0 Å². The molecule has 5 nitrogen and oxygen atoms in total. The molecule has 1 aromatic rings. The number of methoxy groups -OCH3 is 1. The Hall–Kier alpha value is -1.11. The van der Waals surface area contributed by atoms with E-state index in [0.29, 0.717) is 18.2 Å². The summed E-state index contributed by atoms with van der Waals surface area (Å²) >= 11 is 0. The van der Waals surface area contributed by atoms with Crippen LogP contribution in [0.5, 0.6) is 5.75 Å². The first-order valence-electron chi connectivity index (χ1n) is 6.88. The van der Waals surface area contributed by atoms with Gasteiger partial charge in [0.05, 0.1) is 7.11 Å². The van der Waals surface area contributed by atoms with Gasteiger partial charge in [-0.2, -0.15) is 0 Å². The first-order chi connectivity index (χ1) is 9.53. The van der Waals surface area contributed by atoms with Crippen molar-refractivity contribution >= 4 is 10.0 Å². The predicted octanol–water partition coefficient (Wildman–Crippen LogP) is 1.28. The SMILES string of the molecule is COc1ccc(C)cc1S(=O)(=O)NCCC1CCNC1. The number of sulfonamides is 1. The van der Waals surface area contributed by atoms with Crippen molar-refractivity contribution in [3.8, 4) is 5.75 Å². The molecule has 0 aromatic heterocycles. The van der Waals surface area contributed by atoms with Crippen LogP contribution in [-0.4, -0.2) is 35.2 Å². The molecule has 1 aliphatic rings. The molecule has 20 heavy (non-hydrogen) atoms. The number of hydrogen-bond acceptors (Lipinski definition) is 4. The van der Waals surface area contributed by atoms with Crippen LogP contribution in [0.25, 0.3) is 0 Å². The Balaban J connectivity index is 2.03. The quantitative estimate of drug-likeness (QED) is 0.830. The molecule has 0 spiro atoms. The minimum Gasteiger partial charge on any atom is -0.495 e. The molecule has 0 aliphatic carbocycles. The van der Waals surface area contributed by atoms with Gasteiger partial charge in [0, 0.05) is 6.54 Å². The summed E-state index contributed by atoms with van der Waals surface area (Å²) in [4.78, 5) is 0.213. The monoisotopic (exact) mass is 298 g/mol. The van der Waals surface area contributed by atoms with Crippen LogP contribution >= 0.6 is 0 Å². The second-order valence-electron chi connectivity index (χ2n) is 5.20. The molecule has 0 amide bonds. The largest absolute Gasteiger partial charge is 0.495 e. The third-order valence-corrected chi connectivity index (χ3v) is 5.10. The van der Waals surface area contributed by atoms with Crippen molar-refractivity contribution in [1.29, 1.82) is 0 Å². The van der Waals surface area contributed by atoms with Crippen molar-refractivity contribution < 1.29 is 13.2 Å². The van der Waals surface area contributed by atoms with Crippen LogP contribution in [0.15, 0.2) is 23.1 Å². The van der Waals surface area contributed by atoms with Crippen molar-refractivity contribution in [2.75, 3.05) is 26.7 Å². The number of nitrogens with one attached hydrogen (secondary N) is 2. The van der Waals surface area contributed by atoms with Crippen LogP contribution in [0.3, 0.4) is 0 Å². The van der Waals surface area contributed by atoms with Crippen LogP contribution < -0.4 is 14.8 Å². The lowest BCUT2D eigenvalue weighted by atomic mass is 10.1. The number of hydrogen-bond donors (Lipinski definition) is 2. The first-order valence-corrected chi connectivity index (χ1v) is 8.36. The average Bonchev–Trinajstić information content (AvgIpc) is 2.91. The van der Waals surface area contributed by atoms with Crippen LogP contribution in [-0.2, 0) is 10.0 Å². The standard InChI is InChI=1S/C14H22N2O3S/c1-11-3-4-13(19-2)14(9-11)20(17,18)16-8-6-12-5-7-15-10-12/h3-4,9,12,15-16H,5-8,10H2,1-2H3. The highest BCUT2D eigenvalue weighted by Gasteiger charge is 2.20. The summed E-state index contributed by atoms with van der Waals surface area (Å²) in [7, 11) is -2.03. The molecule has 1 fully saturated rings. The zero-order valence-electron chi connectivity index (χ0n) is 12.0. The Bertz CT molecular complexity index is 552. The molecule has 1 aromatic carbocycles. The van der Waals surface area contributed by atoms with E-state index in [9.17, 15) is 8.42 Å². The maximum atomic E-state index is 12.3. The third kappa shape index (κ3) is 3.71. The molecule has 0 radical (unpaired) electrons. The molecular formula is C14H22N2O3S. The van der Waals surface area contributed by atoms with Crippen LogP contribution in [0.4, 0.5) is 0 Å². The van der Waals surface area contributed by atoms with Crippen LogP contribution in [0, 0.1) is 12.8 Å². The van der Waals surface area contributed by atoms with Crippen molar-refractivity contribution in [2.24, 2.45) is 5.92 Å². The normalized spacial score (nSPS) is 19.2. The lowest BCUT2D eigenvalue weighted by Gasteiger charge is -2.13. The molecule has 1 atom stereocenters. The summed E-state index contributed by atoms with van der Waals surface area (Å²) < 4.78 is 32.5. The van der Waals surface area contributed by atoms with Crippen molar-refractivity contribution in [3.63, 3.8) is 0 Å². The topological polar surface area (TPSA) is 67.4 Å². The number of rotatable bonds is 6. The van der Waals surface area contributed by atoms with Gasteiger partial charge in [0.2, 0.25) is 10.0 Å². The van der Waals surface area contributed by atoms with Crippen LogP contribution in [0.2, 0.25) is 0 Å². The fourth-order valence-electron chi connectivity index (χ4n) is 2.43. The number of benzene rings is 1. The van der Waals surface area contributed by atoms with E-state index in [2.05, 4.69) is 10.0 Å². The van der Waals surface area contributed by atoms with Crippen molar-refractivity contribution in [1.82, 2.24) is 10.0 Å². The van der Waals surface area contributed by atoms with E-state index in [0.717, 1.165) is 31.5 Å². The predicted molar refractivity (Wildman–Crippen MR) is 78.5 cm³/mol. The highest BCUT2D eigenvalue weighted by atomic mass is 32.2. The second kappa shape index (κ2) is 6.56. The van der Waals surface area contributed by atoms with Gasteiger partial charge in [-0.1, -0.05) is 6.07 Å². The Kier molecular flexibility index (Phi) is 5.01. The fraction of sp³-hybridized carbons (Fsp3) is 0.571. The molecule has 1 saturated heterocycles. The Morgan fingerprint density at radius 2 is 2.25 bits per heavy atom. The molecule has 1 aliphatic heterocycles. The van der Waals surface area contributed by atoms with Gasteiger partial charge in [0.1, 0.15) is 10.6 Å². The first kappa shape index (κ1) is 15.3. The number of ether oxygens (including phenoxy) is 1. The van der Waals surface area contributed by atoms with E-state index in [1.807, 2.05) is 13.0 Å². The highest BCUT2D eigenvalue weighted by molar-refractivity contribution is 7.89. The summed E-state index contributed by atoms with van der Waals surface area (Å²) in [6.45, 7) is 4.34. The summed E-state index contributed by atoms with van der Waals surface area (Å²) in [6.07, 6.45) is 1.98. The maximum absolute atomic E-state index is 12.3. The molecule has 112 valence electrons. The minimum absolute atomic E-state index is 0.213.